The van der Waals surface area contributed by atoms with Crippen LogP contribution in [-0.2, 0) is 0 Å². The van der Waals surface area contributed by atoms with E-state index >= 15 is 0 Å². The summed E-state index contributed by atoms with van der Waals surface area (Å²) >= 11 is 0. The Morgan fingerprint density at radius 3 is 2.72 bits per heavy atom. The highest BCUT2D eigenvalue weighted by Gasteiger charge is 2.30. The zero-order valence-electron chi connectivity index (χ0n) is 14.6. The summed E-state index contributed by atoms with van der Waals surface area (Å²) in [5.41, 5.74) is 3.74. The molecule has 1 aliphatic rings. The van der Waals surface area contributed by atoms with E-state index in [1.54, 1.807) is 17.3 Å². The molecule has 1 atom stereocenters. The smallest absolute Gasteiger partial charge is 0.259 e. The van der Waals surface area contributed by atoms with E-state index < -0.39 is 0 Å². The van der Waals surface area contributed by atoms with Crippen LogP contribution in [0.5, 0.6) is 0 Å². The number of amides is 1. The van der Waals surface area contributed by atoms with Gasteiger partial charge in [0.25, 0.3) is 11.6 Å². The van der Waals surface area contributed by atoms with Gasteiger partial charge in [-0.25, -0.2) is 4.98 Å². The summed E-state index contributed by atoms with van der Waals surface area (Å²) in [5, 5.41) is 4.72. The summed E-state index contributed by atoms with van der Waals surface area (Å²) < 4.78 is 5.34. The van der Waals surface area contributed by atoms with Crippen LogP contribution in [0.2, 0.25) is 0 Å². The Balaban J connectivity index is 1.75. The molecule has 0 bridgehead atoms. The molecule has 4 rings (SSSR count). The molecule has 1 saturated carbocycles. The molecule has 1 aliphatic carbocycles. The van der Waals surface area contributed by atoms with Crippen molar-refractivity contribution < 1.29 is 9.32 Å². The number of aromatic nitrogens is 3. The third-order valence-corrected chi connectivity index (χ3v) is 4.95. The van der Waals surface area contributed by atoms with E-state index in [0.717, 1.165) is 24.1 Å². The van der Waals surface area contributed by atoms with Crippen molar-refractivity contribution in [3.05, 3.63) is 53.1 Å². The van der Waals surface area contributed by atoms with Gasteiger partial charge in [-0.3, -0.25) is 9.78 Å². The van der Waals surface area contributed by atoms with E-state index in [9.17, 15) is 4.79 Å². The Kier molecular flexibility index (Phi) is 3.75. The molecule has 0 radical (unpaired) electrons. The maximum atomic E-state index is 13.2. The van der Waals surface area contributed by atoms with E-state index in [1.165, 1.54) is 0 Å². The molecular weight excluding hydrogens is 316 g/mol. The lowest BCUT2D eigenvalue weighted by Gasteiger charge is -2.25. The minimum absolute atomic E-state index is 0.0510. The van der Waals surface area contributed by atoms with Gasteiger partial charge in [0.1, 0.15) is 0 Å². The number of hydrogen-bond donors (Lipinski definition) is 0. The second-order valence-corrected chi connectivity index (χ2v) is 6.69. The summed E-state index contributed by atoms with van der Waals surface area (Å²) in [6, 6.07) is 5.71. The van der Waals surface area contributed by atoms with Gasteiger partial charge in [-0.2, -0.15) is 0 Å². The van der Waals surface area contributed by atoms with Gasteiger partial charge in [0.2, 0.25) is 0 Å². The minimum atomic E-state index is -0.0664. The Bertz CT molecular complexity index is 931. The fourth-order valence-electron chi connectivity index (χ4n) is 3.10. The molecule has 6 nitrogen and oxygen atoms in total. The van der Waals surface area contributed by atoms with Crippen LogP contribution in [0, 0.1) is 6.92 Å². The standard InChI is InChI=1S/C19H20N4O2/c1-11-17-15(10-16(14-4-5-14)21-18(17)25-22-11)19(24)23(3)12(2)13-6-8-20-9-7-13/h6-10,12,14H,4-5H2,1-3H3/t12-/m0/s1. The van der Waals surface area contributed by atoms with Crippen LogP contribution in [0.1, 0.15) is 59.0 Å². The number of aryl methyl sites for hydroxylation is 1. The van der Waals surface area contributed by atoms with Gasteiger partial charge < -0.3 is 9.42 Å². The molecule has 0 spiro atoms. The Morgan fingerprint density at radius 2 is 2.04 bits per heavy atom. The Morgan fingerprint density at radius 1 is 1.32 bits per heavy atom. The molecule has 1 amide bonds. The Hall–Kier alpha value is -2.76. The van der Waals surface area contributed by atoms with E-state index in [0.29, 0.717) is 28.3 Å². The molecule has 3 aromatic rings. The monoisotopic (exact) mass is 336 g/mol. The van der Waals surface area contributed by atoms with Crippen LogP contribution in [-0.4, -0.2) is 33.0 Å². The lowest BCUT2D eigenvalue weighted by molar-refractivity contribution is 0.0744. The zero-order valence-corrected chi connectivity index (χ0v) is 14.6. The normalized spacial score (nSPS) is 15.3. The van der Waals surface area contributed by atoms with E-state index in [2.05, 4.69) is 15.1 Å². The Labute approximate surface area is 145 Å². The van der Waals surface area contributed by atoms with Gasteiger partial charge in [0, 0.05) is 31.1 Å². The van der Waals surface area contributed by atoms with Gasteiger partial charge in [0.05, 0.1) is 22.7 Å². The quantitative estimate of drug-likeness (QED) is 0.727. The molecule has 6 heteroatoms. The summed E-state index contributed by atoms with van der Waals surface area (Å²) in [6.07, 6.45) is 5.71. The van der Waals surface area contributed by atoms with Crippen molar-refractivity contribution in [2.75, 3.05) is 7.05 Å². The minimum Gasteiger partial charge on any atom is -0.336 e. The molecule has 25 heavy (non-hydrogen) atoms. The number of rotatable bonds is 4. The molecule has 3 aromatic heterocycles. The van der Waals surface area contributed by atoms with Crippen LogP contribution in [0.3, 0.4) is 0 Å². The van der Waals surface area contributed by atoms with Crippen LogP contribution >= 0.6 is 0 Å². The predicted octanol–water partition coefficient (Wildman–Crippen LogP) is 3.64. The van der Waals surface area contributed by atoms with Crippen molar-refractivity contribution in [3.8, 4) is 0 Å². The van der Waals surface area contributed by atoms with Crippen molar-refractivity contribution in [3.63, 3.8) is 0 Å². The topological polar surface area (TPSA) is 72.1 Å². The number of fused-ring (bicyclic) bond motifs is 1. The molecule has 0 unspecified atom stereocenters. The highest BCUT2D eigenvalue weighted by Crippen LogP contribution is 2.40. The number of pyridine rings is 2. The summed E-state index contributed by atoms with van der Waals surface area (Å²) in [4.78, 5) is 23.6. The highest BCUT2D eigenvalue weighted by molar-refractivity contribution is 6.06. The van der Waals surface area contributed by atoms with Crippen molar-refractivity contribution in [1.82, 2.24) is 20.0 Å². The first kappa shape index (κ1) is 15.7. The second kappa shape index (κ2) is 5.95. The van der Waals surface area contributed by atoms with Crippen molar-refractivity contribution in [2.45, 2.75) is 38.6 Å². The molecule has 0 N–H and O–H groups in total. The van der Waals surface area contributed by atoms with Crippen molar-refractivity contribution in [2.24, 2.45) is 0 Å². The van der Waals surface area contributed by atoms with Gasteiger partial charge >= 0.3 is 0 Å². The fourth-order valence-corrected chi connectivity index (χ4v) is 3.10. The summed E-state index contributed by atoms with van der Waals surface area (Å²) in [7, 11) is 1.82. The lowest BCUT2D eigenvalue weighted by atomic mass is 10.0. The average molecular weight is 336 g/mol. The molecule has 0 aliphatic heterocycles. The molecule has 1 fully saturated rings. The second-order valence-electron chi connectivity index (χ2n) is 6.69. The van der Waals surface area contributed by atoms with Gasteiger partial charge in [-0.05, 0) is 50.5 Å². The maximum Gasteiger partial charge on any atom is 0.259 e. The number of nitrogens with zero attached hydrogens (tertiary/aromatic N) is 4. The lowest BCUT2D eigenvalue weighted by Crippen LogP contribution is -2.30. The summed E-state index contributed by atoms with van der Waals surface area (Å²) in [6.45, 7) is 3.85. The van der Waals surface area contributed by atoms with Crippen LogP contribution < -0.4 is 0 Å². The first-order valence-electron chi connectivity index (χ1n) is 8.50. The van der Waals surface area contributed by atoms with Crippen LogP contribution in [0.25, 0.3) is 11.1 Å². The highest BCUT2D eigenvalue weighted by atomic mass is 16.5. The van der Waals surface area contributed by atoms with Gasteiger partial charge in [-0.15, -0.1) is 0 Å². The third kappa shape index (κ3) is 2.77. The fraction of sp³-hybridized carbons (Fsp3) is 0.368. The van der Waals surface area contributed by atoms with Gasteiger partial charge in [0.15, 0.2) is 0 Å². The average Bonchev–Trinajstić information content (AvgIpc) is 3.43. The molecule has 128 valence electrons. The number of carbonyl (C=O) groups excluding carboxylic acids is 1. The summed E-state index contributed by atoms with van der Waals surface area (Å²) in [5.74, 6) is 0.384. The maximum absolute atomic E-state index is 13.2. The van der Waals surface area contributed by atoms with Crippen molar-refractivity contribution in [1.29, 1.82) is 0 Å². The van der Waals surface area contributed by atoms with Crippen LogP contribution in [0.15, 0.2) is 35.1 Å². The van der Waals surface area contributed by atoms with E-state index in [4.69, 9.17) is 4.52 Å². The largest absolute Gasteiger partial charge is 0.336 e. The van der Waals surface area contributed by atoms with E-state index in [-0.39, 0.29) is 11.9 Å². The molecule has 0 saturated heterocycles. The molecular formula is C19H20N4O2. The zero-order chi connectivity index (χ0) is 17.6. The first-order chi connectivity index (χ1) is 12.1. The molecule has 3 heterocycles. The number of carbonyl (C=O) groups is 1. The third-order valence-electron chi connectivity index (χ3n) is 4.95. The SMILES string of the molecule is Cc1noc2nc(C3CC3)cc(C(=O)N(C)[C@@H](C)c3ccncc3)c12. The predicted molar refractivity (Wildman–Crippen MR) is 93.3 cm³/mol. The number of hydrogen-bond acceptors (Lipinski definition) is 5. The van der Waals surface area contributed by atoms with E-state index in [1.807, 2.05) is 39.1 Å². The van der Waals surface area contributed by atoms with Crippen LogP contribution in [0.4, 0.5) is 0 Å². The van der Waals surface area contributed by atoms with Crippen molar-refractivity contribution >= 4 is 17.0 Å². The molecule has 0 aromatic carbocycles. The van der Waals surface area contributed by atoms with Gasteiger partial charge in [-0.1, -0.05) is 5.16 Å². The first-order valence-corrected chi connectivity index (χ1v) is 8.50.